The van der Waals surface area contributed by atoms with Crippen molar-refractivity contribution in [1.29, 1.82) is 0 Å². The molecule has 0 aromatic heterocycles. The first-order valence-corrected chi connectivity index (χ1v) is 8.03. The molecular weight excluding hydrogens is 336 g/mol. The zero-order chi connectivity index (χ0) is 18.9. The fourth-order valence-corrected chi connectivity index (χ4v) is 2.23. The Balaban J connectivity index is 1.98. The van der Waals surface area contributed by atoms with Gasteiger partial charge in [-0.1, -0.05) is 18.2 Å². The van der Waals surface area contributed by atoms with E-state index in [2.05, 4.69) is 10.6 Å². The van der Waals surface area contributed by atoms with Gasteiger partial charge in [-0.15, -0.1) is 0 Å². The van der Waals surface area contributed by atoms with Crippen molar-refractivity contribution in [3.8, 4) is 5.75 Å². The van der Waals surface area contributed by atoms with Crippen molar-refractivity contribution >= 4 is 29.2 Å². The average Bonchev–Trinajstić information content (AvgIpc) is 2.62. The maximum absolute atomic E-state index is 12.1. The van der Waals surface area contributed by atoms with Crippen molar-refractivity contribution in [2.24, 2.45) is 0 Å². The summed E-state index contributed by atoms with van der Waals surface area (Å²) in [5.74, 6) is -0.966. The summed E-state index contributed by atoms with van der Waals surface area (Å²) >= 11 is 0. The van der Waals surface area contributed by atoms with E-state index in [0.29, 0.717) is 17.1 Å². The van der Waals surface area contributed by atoms with E-state index in [4.69, 9.17) is 9.47 Å². The van der Waals surface area contributed by atoms with Gasteiger partial charge in [-0.3, -0.25) is 9.59 Å². The van der Waals surface area contributed by atoms with Gasteiger partial charge in [0.25, 0.3) is 0 Å². The Morgan fingerprint density at radius 1 is 0.962 bits per heavy atom. The van der Waals surface area contributed by atoms with Crippen molar-refractivity contribution in [2.45, 2.75) is 13.3 Å². The lowest BCUT2D eigenvalue weighted by molar-refractivity contribution is -0.123. The number of carbonyl (C=O) groups excluding carboxylic acids is 3. The van der Waals surface area contributed by atoms with Crippen LogP contribution in [0.2, 0.25) is 0 Å². The van der Waals surface area contributed by atoms with Gasteiger partial charge in [0.2, 0.25) is 11.8 Å². The molecule has 0 radical (unpaired) electrons. The summed E-state index contributed by atoms with van der Waals surface area (Å²) in [6.07, 6.45) is -0.394. The number of hydrogen-bond donors (Lipinski definition) is 2. The predicted octanol–water partition coefficient (Wildman–Crippen LogP) is 2.84. The summed E-state index contributed by atoms with van der Waals surface area (Å²) in [5, 5.41) is 5.18. The SMILES string of the molecule is CCOC(=O)c1ccccc1NC(=O)CC(=O)Nc1cccc(OC)c1. The molecule has 136 valence electrons. The van der Waals surface area contributed by atoms with E-state index in [-0.39, 0.29) is 12.2 Å². The third-order valence-electron chi connectivity index (χ3n) is 3.37. The maximum atomic E-state index is 12.1. The van der Waals surface area contributed by atoms with E-state index < -0.39 is 24.2 Å². The van der Waals surface area contributed by atoms with Crippen LogP contribution in [0.5, 0.6) is 5.75 Å². The summed E-state index contributed by atoms with van der Waals surface area (Å²) in [4.78, 5) is 36.1. The van der Waals surface area contributed by atoms with Crippen LogP contribution in [0, 0.1) is 0 Å². The third kappa shape index (κ3) is 5.34. The van der Waals surface area contributed by atoms with Gasteiger partial charge in [-0.25, -0.2) is 4.79 Å². The summed E-state index contributed by atoms with van der Waals surface area (Å²) in [6, 6.07) is 13.3. The topological polar surface area (TPSA) is 93.7 Å². The largest absolute Gasteiger partial charge is 0.497 e. The Morgan fingerprint density at radius 3 is 2.42 bits per heavy atom. The molecule has 26 heavy (non-hydrogen) atoms. The number of rotatable bonds is 7. The van der Waals surface area contributed by atoms with E-state index in [1.165, 1.54) is 7.11 Å². The molecule has 0 saturated heterocycles. The smallest absolute Gasteiger partial charge is 0.340 e. The Labute approximate surface area is 151 Å². The quantitative estimate of drug-likeness (QED) is 0.588. The van der Waals surface area contributed by atoms with Crippen molar-refractivity contribution in [2.75, 3.05) is 24.4 Å². The summed E-state index contributed by atoms with van der Waals surface area (Å²) in [6.45, 7) is 1.92. The first-order chi connectivity index (χ1) is 12.5. The Bertz CT molecular complexity index is 804. The minimum absolute atomic E-state index is 0.226. The van der Waals surface area contributed by atoms with Gasteiger partial charge in [0, 0.05) is 11.8 Å². The average molecular weight is 356 g/mol. The predicted molar refractivity (Wildman–Crippen MR) is 97.3 cm³/mol. The van der Waals surface area contributed by atoms with Gasteiger partial charge in [0.05, 0.1) is 25.0 Å². The molecule has 0 aliphatic carbocycles. The second kappa shape index (κ2) is 9.22. The number of methoxy groups -OCH3 is 1. The van der Waals surface area contributed by atoms with E-state index in [0.717, 1.165) is 0 Å². The van der Waals surface area contributed by atoms with Gasteiger partial charge in [-0.2, -0.15) is 0 Å². The number of benzene rings is 2. The molecule has 0 aliphatic rings. The molecule has 0 unspecified atom stereocenters. The number of nitrogens with one attached hydrogen (secondary N) is 2. The van der Waals surface area contributed by atoms with Crippen LogP contribution < -0.4 is 15.4 Å². The third-order valence-corrected chi connectivity index (χ3v) is 3.37. The second-order valence-corrected chi connectivity index (χ2v) is 5.27. The maximum Gasteiger partial charge on any atom is 0.340 e. The number of carbonyl (C=O) groups is 3. The molecule has 2 amide bonds. The highest BCUT2D eigenvalue weighted by Crippen LogP contribution is 2.18. The molecule has 7 heteroatoms. The molecule has 0 spiro atoms. The van der Waals surface area contributed by atoms with Crippen LogP contribution >= 0.6 is 0 Å². The monoisotopic (exact) mass is 356 g/mol. The second-order valence-electron chi connectivity index (χ2n) is 5.27. The molecule has 0 saturated carbocycles. The normalized spacial score (nSPS) is 9.92. The zero-order valence-corrected chi connectivity index (χ0v) is 14.6. The fraction of sp³-hybridized carbons (Fsp3) is 0.211. The van der Waals surface area contributed by atoms with Crippen LogP contribution in [0.15, 0.2) is 48.5 Å². The van der Waals surface area contributed by atoms with Crippen LogP contribution in [0.3, 0.4) is 0 Å². The molecule has 0 heterocycles. The van der Waals surface area contributed by atoms with Gasteiger partial charge in [0.15, 0.2) is 0 Å². The molecule has 7 nitrogen and oxygen atoms in total. The summed E-state index contributed by atoms with van der Waals surface area (Å²) in [7, 11) is 1.52. The molecule has 0 bridgehead atoms. The number of hydrogen-bond acceptors (Lipinski definition) is 5. The van der Waals surface area contributed by atoms with Crippen molar-refractivity contribution in [3.05, 3.63) is 54.1 Å². The molecule has 0 aliphatic heterocycles. The first-order valence-electron chi connectivity index (χ1n) is 8.03. The van der Waals surface area contributed by atoms with E-state index in [9.17, 15) is 14.4 Å². The lowest BCUT2D eigenvalue weighted by atomic mass is 10.1. The van der Waals surface area contributed by atoms with Crippen molar-refractivity contribution in [3.63, 3.8) is 0 Å². The van der Waals surface area contributed by atoms with E-state index in [1.54, 1.807) is 55.5 Å². The van der Waals surface area contributed by atoms with Crippen LogP contribution in [-0.4, -0.2) is 31.5 Å². The number of esters is 1. The lowest BCUT2D eigenvalue weighted by Crippen LogP contribution is -2.22. The van der Waals surface area contributed by atoms with Crippen LogP contribution in [0.4, 0.5) is 11.4 Å². The number of ether oxygens (including phenoxy) is 2. The molecule has 2 rings (SSSR count). The zero-order valence-electron chi connectivity index (χ0n) is 14.6. The van der Waals surface area contributed by atoms with Crippen molar-refractivity contribution in [1.82, 2.24) is 0 Å². The highest BCUT2D eigenvalue weighted by Gasteiger charge is 2.16. The number of amides is 2. The molecule has 2 aromatic rings. The Hall–Kier alpha value is -3.35. The van der Waals surface area contributed by atoms with E-state index in [1.807, 2.05) is 0 Å². The Kier molecular flexibility index (Phi) is 6.73. The van der Waals surface area contributed by atoms with Crippen molar-refractivity contribution < 1.29 is 23.9 Å². The summed E-state index contributed by atoms with van der Waals surface area (Å²) in [5.41, 5.74) is 1.05. The van der Waals surface area contributed by atoms with Gasteiger partial charge in [0.1, 0.15) is 12.2 Å². The van der Waals surface area contributed by atoms with Crippen LogP contribution in [0.25, 0.3) is 0 Å². The lowest BCUT2D eigenvalue weighted by Gasteiger charge is -2.10. The highest BCUT2D eigenvalue weighted by molar-refractivity contribution is 6.10. The molecule has 2 aromatic carbocycles. The minimum atomic E-state index is -0.540. The molecule has 2 N–H and O–H groups in total. The molecular formula is C19H20N2O5. The van der Waals surface area contributed by atoms with Gasteiger partial charge >= 0.3 is 5.97 Å². The molecule has 0 fully saturated rings. The van der Waals surface area contributed by atoms with Crippen LogP contribution in [0.1, 0.15) is 23.7 Å². The van der Waals surface area contributed by atoms with E-state index >= 15 is 0 Å². The highest BCUT2D eigenvalue weighted by atomic mass is 16.5. The first kappa shape index (κ1) is 19.0. The standard InChI is InChI=1S/C19H20N2O5/c1-3-26-19(24)15-9-4-5-10-16(15)21-18(23)12-17(22)20-13-7-6-8-14(11-13)25-2/h4-11H,3,12H2,1-2H3,(H,20,22)(H,21,23). The van der Waals surface area contributed by atoms with Crippen LogP contribution in [-0.2, 0) is 14.3 Å². The molecule has 0 atom stereocenters. The van der Waals surface area contributed by atoms with Gasteiger partial charge in [-0.05, 0) is 31.2 Å². The number of anilines is 2. The summed E-state index contributed by atoms with van der Waals surface area (Å²) < 4.78 is 10.0. The van der Waals surface area contributed by atoms with Gasteiger partial charge < -0.3 is 20.1 Å². The number of para-hydroxylation sites is 1. The minimum Gasteiger partial charge on any atom is -0.497 e. The fourth-order valence-electron chi connectivity index (χ4n) is 2.23. The Morgan fingerprint density at radius 2 is 1.69 bits per heavy atom.